The van der Waals surface area contributed by atoms with Gasteiger partial charge in [-0.1, -0.05) is 15.9 Å². The van der Waals surface area contributed by atoms with E-state index in [-0.39, 0.29) is 0 Å². The molecule has 0 bridgehead atoms. The quantitative estimate of drug-likeness (QED) is 0.930. The number of nitrogens with two attached hydrogens (primary N) is 1. The molecule has 0 aliphatic heterocycles. The van der Waals surface area contributed by atoms with Gasteiger partial charge in [0.15, 0.2) is 0 Å². The molecule has 2 rings (SSSR count). The number of benzene rings is 1. The lowest BCUT2D eigenvalue weighted by molar-refractivity contribution is 0.414. The van der Waals surface area contributed by atoms with Gasteiger partial charge in [-0.25, -0.2) is 9.67 Å². The van der Waals surface area contributed by atoms with Crippen LogP contribution in [0.5, 0.6) is 5.75 Å². The maximum atomic E-state index is 5.58. The molecule has 1 aromatic carbocycles. The standard InChI is InChI=1S/C11H13BrN4O/c1-17-9-2-3-10(12)8(4-9)6-16-11(5-13)14-7-15-16/h2-4,7H,5-6,13H2,1H3. The van der Waals surface area contributed by atoms with E-state index < -0.39 is 0 Å². The third kappa shape index (κ3) is 2.65. The highest BCUT2D eigenvalue weighted by molar-refractivity contribution is 9.10. The van der Waals surface area contributed by atoms with Crippen LogP contribution in [-0.4, -0.2) is 21.9 Å². The predicted octanol–water partition coefficient (Wildman–Crippen LogP) is 1.56. The highest BCUT2D eigenvalue weighted by Crippen LogP contribution is 2.23. The normalized spacial score (nSPS) is 10.5. The molecule has 1 aromatic heterocycles. The summed E-state index contributed by atoms with van der Waals surface area (Å²) in [7, 11) is 1.65. The zero-order valence-corrected chi connectivity index (χ0v) is 11.0. The smallest absolute Gasteiger partial charge is 0.140 e. The Morgan fingerprint density at radius 1 is 1.47 bits per heavy atom. The number of nitrogens with zero attached hydrogens (tertiary/aromatic N) is 3. The number of hydrogen-bond donors (Lipinski definition) is 1. The largest absolute Gasteiger partial charge is 0.497 e. The predicted molar refractivity (Wildman–Crippen MR) is 67.7 cm³/mol. The summed E-state index contributed by atoms with van der Waals surface area (Å²) in [6.07, 6.45) is 1.51. The number of methoxy groups -OCH3 is 1. The third-order valence-electron chi connectivity index (χ3n) is 2.45. The van der Waals surface area contributed by atoms with Gasteiger partial charge < -0.3 is 10.5 Å². The Labute approximate surface area is 108 Å². The van der Waals surface area contributed by atoms with Crippen LogP contribution in [0.15, 0.2) is 29.0 Å². The zero-order chi connectivity index (χ0) is 12.3. The van der Waals surface area contributed by atoms with Gasteiger partial charge in [-0.3, -0.25) is 0 Å². The van der Waals surface area contributed by atoms with Gasteiger partial charge in [0.2, 0.25) is 0 Å². The van der Waals surface area contributed by atoms with Crippen molar-refractivity contribution in [3.8, 4) is 5.75 Å². The fraction of sp³-hybridized carbons (Fsp3) is 0.273. The van der Waals surface area contributed by atoms with Crippen LogP contribution >= 0.6 is 15.9 Å². The van der Waals surface area contributed by atoms with Crippen molar-refractivity contribution in [3.63, 3.8) is 0 Å². The van der Waals surface area contributed by atoms with Crippen LogP contribution in [0.3, 0.4) is 0 Å². The first-order chi connectivity index (χ1) is 8.24. The molecule has 5 nitrogen and oxygen atoms in total. The molecule has 0 atom stereocenters. The van der Waals surface area contributed by atoms with Crippen LogP contribution in [0.1, 0.15) is 11.4 Å². The Morgan fingerprint density at radius 3 is 3.00 bits per heavy atom. The second-order valence-corrected chi connectivity index (χ2v) is 4.35. The zero-order valence-electron chi connectivity index (χ0n) is 9.43. The van der Waals surface area contributed by atoms with E-state index in [9.17, 15) is 0 Å². The molecule has 0 spiro atoms. The molecule has 17 heavy (non-hydrogen) atoms. The molecule has 0 aliphatic carbocycles. The summed E-state index contributed by atoms with van der Waals surface area (Å²) in [6, 6.07) is 5.82. The molecule has 2 N–H and O–H groups in total. The Hall–Kier alpha value is -1.40. The molecule has 0 radical (unpaired) electrons. The van der Waals surface area contributed by atoms with Crippen molar-refractivity contribution < 1.29 is 4.74 Å². The summed E-state index contributed by atoms with van der Waals surface area (Å²) in [5, 5.41) is 4.14. The Bertz CT molecular complexity index is 512. The van der Waals surface area contributed by atoms with Crippen LogP contribution < -0.4 is 10.5 Å². The van der Waals surface area contributed by atoms with Crippen LogP contribution in [-0.2, 0) is 13.1 Å². The number of hydrogen-bond acceptors (Lipinski definition) is 4. The molecular formula is C11H13BrN4O. The first kappa shape index (κ1) is 12.1. The average Bonchev–Trinajstić information content (AvgIpc) is 2.79. The summed E-state index contributed by atoms with van der Waals surface area (Å²) >= 11 is 3.50. The van der Waals surface area contributed by atoms with Crippen molar-refractivity contribution in [1.82, 2.24) is 14.8 Å². The first-order valence-electron chi connectivity index (χ1n) is 5.13. The van der Waals surface area contributed by atoms with Crippen LogP contribution in [0.25, 0.3) is 0 Å². The second-order valence-electron chi connectivity index (χ2n) is 3.50. The fourth-order valence-corrected chi connectivity index (χ4v) is 1.91. The lowest BCUT2D eigenvalue weighted by Gasteiger charge is -2.08. The molecular weight excluding hydrogens is 284 g/mol. The minimum absolute atomic E-state index is 0.377. The molecule has 0 amide bonds. The highest BCUT2D eigenvalue weighted by atomic mass is 79.9. The number of ether oxygens (including phenoxy) is 1. The van der Waals surface area contributed by atoms with E-state index in [0.717, 1.165) is 21.6 Å². The van der Waals surface area contributed by atoms with Crippen molar-refractivity contribution in [2.75, 3.05) is 7.11 Å². The highest BCUT2D eigenvalue weighted by Gasteiger charge is 2.07. The molecule has 0 saturated carbocycles. The van der Waals surface area contributed by atoms with Crippen molar-refractivity contribution in [2.45, 2.75) is 13.1 Å². The van der Waals surface area contributed by atoms with Crippen LogP contribution in [0.4, 0.5) is 0 Å². The van der Waals surface area contributed by atoms with Gasteiger partial charge in [0, 0.05) is 4.47 Å². The van der Waals surface area contributed by atoms with Gasteiger partial charge in [0.25, 0.3) is 0 Å². The monoisotopic (exact) mass is 296 g/mol. The Morgan fingerprint density at radius 2 is 2.29 bits per heavy atom. The SMILES string of the molecule is COc1ccc(Br)c(Cn2ncnc2CN)c1. The van der Waals surface area contributed by atoms with E-state index in [1.165, 1.54) is 6.33 Å². The van der Waals surface area contributed by atoms with Gasteiger partial charge in [-0.15, -0.1) is 0 Å². The molecule has 90 valence electrons. The van der Waals surface area contributed by atoms with Crippen LogP contribution in [0, 0.1) is 0 Å². The van der Waals surface area contributed by atoms with E-state index in [4.69, 9.17) is 10.5 Å². The molecule has 2 aromatic rings. The molecule has 0 saturated heterocycles. The van der Waals surface area contributed by atoms with E-state index in [1.54, 1.807) is 11.8 Å². The fourth-order valence-electron chi connectivity index (χ4n) is 1.54. The lowest BCUT2D eigenvalue weighted by Crippen LogP contribution is -2.11. The molecule has 1 heterocycles. The number of halogens is 1. The molecule has 0 aliphatic rings. The summed E-state index contributed by atoms with van der Waals surface area (Å²) in [6.45, 7) is 0.992. The maximum Gasteiger partial charge on any atom is 0.140 e. The Kier molecular flexibility index (Phi) is 3.75. The summed E-state index contributed by atoms with van der Waals surface area (Å²) < 4.78 is 7.98. The van der Waals surface area contributed by atoms with Gasteiger partial charge in [-0.2, -0.15) is 5.10 Å². The van der Waals surface area contributed by atoms with Gasteiger partial charge in [0.05, 0.1) is 20.2 Å². The minimum atomic E-state index is 0.377. The number of rotatable bonds is 4. The van der Waals surface area contributed by atoms with Gasteiger partial charge in [0.1, 0.15) is 17.9 Å². The van der Waals surface area contributed by atoms with E-state index in [0.29, 0.717) is 13.1 Å². The Balaban J connectivity index is 2.29. The summed E-state index contributed by atoms with van der Waals surface area (Å²) in [5.74, 6) is 1.58. The number of aromatic nitrogens is 3. The lowest BCUT2D eigenvalue weighted by atomic mass is 10.2. The summed E-state index contributed by atoms with van der Waals surface area (Å²) in [5.41, 5.74) is 6.66. The van der Waals surface area contributed by atoms with E-state index in [1.807, 2.05) is 18.2 Å². The minimum Gasteiger partial charge on any atom is -0.497 e. The molecule has 0 unspecified atom stereocenters. The molecule has 0 fully saturated rings. The van der Waals surface area contributed by atoms with E-state index >= 15 is 0 Å². The third-order valence-corrected chi connectivity index (χ3v) is 3.22. The van der Waals surface area contributed by atoms with Crippen molar-refractivity contribution in [1.29, 1.82) is 0 Å². The van der Waals surface area contributed by atoms with Gasteiger partial charge in [-0.05, 0) is 23.8 Å². The van der Waals surface area contributed by atoms with Crippen molar-refractivity contribution in [3.05, 3.63) is 40.4 Å². The van der Waals surface area contributed by atoms with Crippen molar-refractivity contribution in [2.24, 2.45) is 5.73 Å². The topological polar surface area (TPSA) is 66.0 Å². The average molecular weight is 297 g/mol. The summed E-state index contributed by atoms with van der Waals surface area (Å²) in [4.78, 5) is 4.08. The van der Waals surface area contributed by atoms with Crippen molar-refractivity contribution >= 4 is 15.9 Å². The second kappa shape index (κ2) is 5.29. The van der Waals surface area contributed by atoms with E-state index in [2.05, 4.69) is 26.0 Å². The van der Waals surface area contributed by atoms with Crippen LogP contribution in [0.2, 0.25) is 0 Å². The molecule has 6 heteroatoms. The maximum absolute atomic E-state index is 5.58. The first-order valence-corrected chi connectivity index (χ1v) is 5.93. The van der Waals surface area contributed by atoms with Gasteiger partial charge >= 0.3 is 0 Å².